The van der Waals surface area contributed by atoms with Crippen molar-refractivity contribution in [3.05, 3.63) is 21.3 Å². The molecular weight excluding hydrogens is 234 g/mol. The van der Waals surface area contributed by atoms with Gasteiger partial charge in [0.2, 0.25) is 0 Å². The number of hydrogen-bond acceptors (Lipinski definition) is 4. The number of halogens is 1. The van der Waals surface area contributed by atoms with E-state index < -0.39 is 0 Å². The molecule has 2 atom stereocenters. The van der Waals surface area contributed by atoms with E-state index in [-0.39, 0.29) is 17.8 Å². The van der Waals surface area contributed by atoms with E-state index in [1.54, 1.807) is 0 Å². The summed E-state index contributed by atoms with van der Waals surface area (Å²) in [5.74, 6) is -0.0193. The lowest BCUT2D eigenvalue weighted by atomic mass is 9.95. The standard InChI is InChI=1S/C10H12ClNO2S/c1-14-10(13)7-5-12-4-6(7)8-2-3-9(11)15-8/h2-3,6-7,12H,4-5H2,1H3. The fourth-order valence-corrected chi connectivity index (χ4v) is 3.13. The monoisotopic (exact) mass is 245 g/mol. The van der Waals surface area contributed by atoms with Gasteiger partial charge in [-0.1, -0.05) is 11.6 Å². The van der Waals surface area contributed by atoms with Gasteiger partial charge in [0.25, 0.3) is 0 Å². The van der Waals surface area contributed by atoms with Crippen LogP contribution in [0.2, 0.25) is 4.34 Å². The molecule has 2 rings (SSSR count). The molecule has 2 unspecified atom stereocenters. The summed E-state index contributed by atoms with van der Waals surface area (Å²) in [6.45, 7) is 1.50. The van der Waals surface area contributed by atoms with Crippen LogP contribution in [0, 0.1) is 5.92 Å². The fourth-order valence-electron chi connectivity index (χ4n) is 1.90. The number of ether oxygens (including phenoxy) is 1. The molecule has 1 aliphatic heterocycles. The van der Waals surface area contributed by atoms with Crippen LogP contribution in [0.1, 0.15) is 10.8 Å². The highest BCUT2D eigenvalue weighted by atomic mass is 35.5. The average Bonchev–Trinajstić information content (AvgIpc) is 2.84. The van der Waals surface area contributed by atoms with Crippen LogP contribution in [0.25, 0.3) is 0 Å². The van der Waals surface area contributed by atoms with Crippen molar-refractivity contribution in [1.82, 2.24) is 5.32 Å². The molecule has 1 N–H and O–H groups in total. The van der Waals surface area contributed by atoms with Crippen molar-refractivity contribution in [2.75, 3.05) is 20.2 Å². The van der Waals surface area contributed by atoms with Crippen molar-refractivity contribution in [2.45, 2.75) is 5.92 Å². The molecule has 1 aliphatic rings. The van der Waals surface area contributed by atoms with Gasteiger partial charge in [-0.3, -0.25) is 4.79 Å². The predicted octanol–water partition coefficient (Wildman–Crippen LogP) is 1.88. The quantitative estimate of drug-likeness (QED) is 0.809. The Hall–Kier alpha value is -0.580. The van der Waals surface area contributed by atoms with Crippen molar-refractivity contribution in [2.24, 2.45) is 5.92 Å². The molecule has 0 aliphatic carbocycles. The SMILES string of the molecule is COC(=O)C1CNCC1c1ccc(Cl)s1. The smallest absolute Gasteiger partial charge is 0.310 e. The molecule has 2 heterocycles. The van der Waals surface area contributed by atoms with Crippen LogP contribution in [0.3, 0.4) is 0 Å². The predicted molar refractivity (Wildman–Crippen MR) is 60.4 cm³/mol. The van der Waals surface area contributed by atoms with E-state index in [0.29, 0.717) is 6.54 Å². The molecule has 1 saturated heterocycles. The number of hydrogen-bond donors (Lipinski definition) is 1. The Morgan fingerprint density at radius 2 is 2.40 bits per heavy atom. The fraction of sp³-hybridized carbons (Fsp3) is 0.500. The Morgan fingerprint density at radius 3 is 3.00 bits per heavy atom. The highest BCUT2D eigenvalue weighted by Gasteiger charge is 2.35. The molecule has 0 aromatic carbocycles. The lowest BCUT2D eigenvalue weighted by Crippen LogP contribution is -2.22. The molecule has 82 valence electrons. The molecule has 3 nitrogen and oxygen atoms in total. The topological polar surface area (TPSA) is 38.3 Å². The van der Waals surface area contributed by atoms with Gasteiger partial charge in [0.15, 0.2) is 0 Å². The lowest BCUT2D eigenvalue weighted by Gasteiger charge is -2.14. The summed E-state index contributed by atoms with van der Waals surface area (Å²) in [5.41, 5.74) is 0. The van der Waals surface area contributed by atoms with Crippen LogP contribution in [-0.2, 0) is 9.53 Å². The summed E-state index contributed by atoms with van der Waals surface area (Å²) in [4.78, 5) is 12.7. The van der Waals surface area contributed by atoms with Crippen LogP contribution in [-0.4, -0.2) is 26.2 Å². The van der Waals surface area contributed by atoms with E-state index >= 15 is 0 Å². The minimum Gasteiger partial charge on any atom is -0.469 e. The van der Waals surface area contributed by atoms with Crippen molar-refractivity contribution < 1.29 is 9.53 Å². The normalized spacial score (nSPS) is 25.5. The van der Waals surface area contributed by atoms with Gasteiger partial charge in [0, 0.05) is 23.9 Å². The van der Waals surface area contributed by atoms with Gasteiger partial charge in [0.1, 0.15) is 0 Å². The highest BCUT2D eigenvalue weighted by Crippen LogP contribution is 2.35. The van der Waals surface area contributed by atoms with Gasteiger partial charge >= 0.3 is 5.97 Å². The van der Waals surface area contributed by atoms with Crippen LogP contribution < -0.4 is 5.32 Å². The van der Waals surface area contributed by atoms with Crippen molar-refractivity contribution in [3.8, 4) is 0 Å². The largest absolute Gasteiger partial charge is 0.469 e. The Balaban J connectivity index is 2.18. The molecule has 1 fully saturated rings. The molecule has 0 radical (unpaired) electrons. The molecule has 1 aromatic heterocycles. The summed E-state index contributed by atoms with van der Waals surface area (Å²) in [5, 5.41) is 3.21. The summed E-state index contributed by atoms with van der Waals surface area (Å²) >= 11 is 7.42. The van der Waals surface area contributed by atoms with E-state index in [1.807, 2.05) is 12.1 Å². The number of thiophene rings is 1. The molecule has 0 bridgehead atoms. The second-order valence-corrected chi connectivity index (χ2v) is 5.28. The number of methoxy groups -OCH3 is 1. The lowest BCUT2D eigenvalue weighted by molar-refractivity contribution is -0.145. The summed E-state index contributed by atoms with van der Waals surface area (Å²) in [7, 11) is 1.43. The maximum atomic E-state index is 11.5. The molecule has 5 heteroatoms. The third-order valence-corrected chi connectivity index (χ3v) is 4.04. The number of esters is 1. The minimum absolute atomic E-state index is 0.0790. The van der Waals surface area contributed by atoms with Gasteiger partial charge in [-0.2, -0.15) is 0 Å². The number of carbonyl (C=O) groups is 1. The van der Waals surface area contributed by atoms with Crippen molar-refractivity contribution in [3.63, 3.8) is 0 Å². The first-order valence-electron chi connectivity index (χ1n) is 4.76. The zero-order valence-corrected chi connectivity index (χ0v) is 9.90. The molecule has 0 saturated carbocycles. The zero-order valence-electron chi connectivity index (χ0n) is 8.33. The number of rotatable bonds is 2. The zero-order chi connectivity index (χ0) is 10.8. The van der Waals surface area contributed by atoms with Gasteiger partial charge in [-0.05, 0) is 12.1 Å². The van der Waals surface area contributed by atoms with Gasteiger partial charge in [0.05, 0.1) is 17.4 Å². The highest BCUT2D eigenvalue weighted by molar-refractivity contribution is 7.16. The van der Waals surface area contributed by atoms with Crippen molar-refractivity contribution in [1.29, 1.82) is 0 Å². The second-order valence-electron chi connectivity index (χ2n) is 3.54. The molecule has 0 spiro atoms. The van der Waals surface area contributed by atoms with E-state index in [1.165, 1.54) is 18.4 Å². The van der Waals surface area contributed by atoms with E-state index in [4.69, 9.17) is 16.3 Å². The maximum Gasteiger partial charge on any atom is 0.310 e. The van der Waals surface area contributed by atoms with Crippen LogP contribution in [0.4, 0.5) is 0 Å². The van der Waals surface area contributed by atoms with Gasteiger partial charge in [-0.15, -0.1) is 11.3 Å². The van der Waals surface area contributed by atoms with Crippen LogP contribution >= 0.6 is 22.9 Å². The van der Waals surface area contributed by atoms with E-state index in [2.05, 4.69) is 5.32 Å². The first-order valence-corrected chi connectivity index (χ1v) is 5.95. The third kappa shape index (κ3) is 2.17. The first kappa shape index (κ1) is 10.9. The van der Waals surface area contributed by atoms with E-state index in [0.717, 1.165) is 15.8 Å². The third-order valence-electron chi connectivity index (χ3n) is 2.68. The minimum atomic E-state index is -0.144. The molecular formula is C10H12ClNO2S. The van der Waals surface area contributed by atoms with Gasteiger partial charge < -0.3 is 10.1 Å². The van der Waals surface area contributed by atoms with Crippen molar-refractivity contribution >= 4 is 28.9 Å². The number of nitrogens with one attached hydrogen (secondary N) is 1. The summed E-state index contributed by atoms with van der Waals surface area (Å²) < 4.78 is 5.55. The number of carbonyl (C=O) groups excluding carboxylic acids is 1. The van der Waals surface area contributed by atoms with Crippen LogP contribution in [0.5, 0.6) is 0 Å². The molecule has 1 aromatic rings. The summed E-state index contributed by atoms with van der Waals surface area (Å²) in [6.07, 6.45) is 0. The second kappa shape index (κ2) is 4.51. The average molecular weight is 246 g/mol. The van der Waals surface area contributed by atoms with Crippen LogP contribution in [0.15, 0.2) is 12.1 Å². The summed E-state index contributed by atoms with van der Waals surface area (Å²) in [6, 6.07) is 3.86. The Labute approximate surface area is 97.4 Å². The van der Waals surface area contributed by atoms with Gasteiger partial charge in [-0.25, -0.2) is 0 Å². The Bertz CT molecular complexity index is 366. The first-order chi connectivity index (χ1) is 7.22. The maximum absolute atomic E-state index is 11.5. The van der Waals surface area contributed by atoms with E-state index in [9.17, 15) is 4.79 Å². The Kier molecular flexibility index (Phi) is 3.29. The Morgan fingerprint density at radius 1 is 1.60 bits per heavy atom. The molecule has 15 heavy (non-hydrogen) atoms. The molecule has 0 amide bonds.